The zero-order valence-corrected chi connectivity index (χ0v) is 17.8. The number of carboxylic acids is 1. The molecule has 0 bridgehead atoms. The van der Waals surface area contributed by atoms with E-state index in [9.17, 15) is 19.1 Å². The maximum Gasteiger partial charge on any atom is 0.326 e. The normalized spacial score (nSPS) is 16.5. The highest BCUT2D eigenvalue weighted by atomic mass is 19.1. The predicted octanol–water partition coefficient (Wildman–Crippen LogP) is 4.12. The Kier molecular flexibility index (Phi) is 6.30. The molecular weight excluding hydrogens is 413 g/mol. The van der Waals surface area contributed by atoms with Crippen LogP contribution in [0.1, 0.15) is 31.2 Å². The lowest BCUT2D eigenvalue weighted by atomic mass is 9.93. The fourth-order valence-electron chi connectivity index (χ4n) is 4.16. The highest BCUT2D eigenvalue weighted by Crippen LogP contribution is 2.28. The number of nitrogens with zero attached hydrogens (tertiary/aromatic N) is 1. The molecular formula is C24H26FN3O4. The first-order valence-electron chi connectivity index (χ1n) is 10.7. The molecule has 3 aromatic rings. The van der Waals surface area contributed by atoms with Crippen LogP contribution >= 0.6 is 0 Å². The molecule has 1 saturated heterocycles. The summed E-state index contributed by atoms with van der Waals surface area (Å²) >= 11 is 0. The number of para-hydroxylation sites is 1. The Hall–Kier alpha value is -3.55. The average Bonchev–Trinajstić information content (AvgIpc) is 3.23. The molecule has 1 aliphatic heterocycles. The van der Waals surface area contributed by atoms with Crippen LogP contribution in [0.5, 0.6) is 5.75 Å². The highest BCUT2D eigenvalue weighted by Gasteiger charge is 2.32. The van der Waals surface area contributed by atoms with E-state index in [1.165, 1.54) is 12.1 Å². The quantitative estimate of drug-likeness (QED) is 0.539. The van der Waals surface area contributed by atoms with Crippen molar-refractivity contribution in [3.8, 4) is 5.75 Å². The number of piperidine rings is 1. The number of urea groups is 1. The minimum Gasteiger partial charge on any atom is -0.490 e. The Morgan fingerprint density at radius 2 is 1.84 bits per heavy atom. The molecule has 8 heteroatoms. The third-order valence-corrected chi connectivity index (χ3v) is 6.00. The number of carbonyl (C=O) groups is 2. The van der Waals surface area contributed by atoms with Gasteiger partial charge in [0.15, 0.2) is 0 Å². The van der Waals surface area contributed by atoms with E-state index in [-0.39, 0.29) is 11.9 Å². The minimum atomic E-state index is -1.08. The monoisotopic (exact) mass is 439 g/mol. The number of likely N-dealkylation sites (tertiary alicyclic amines) is 1. The standard InChI is InChI=1S/C24H26FN3O4/c1-15(20-14-26-21-5-3-2-4-19(20)21)22(23(29)30)27-24(31)28-12-10-18(11-13-28)32-17-8-6-16(25)7-9-17/h2-9,14-15,18,22,26H,10-13H2,1H3,(H,27,31)(H,29,30). The van der Waals surface area contributed by atoms with Crippen molar-refractivity contribution in [3.63, 3.8) is 0 Å². The van der Waals surface area contributed by atoms with Crippen LogP contribution in [0.25, 0.3) is 10.9 Å². The van der Waals surface area contributed by atoms with Gasteiger partial charge in [0.25, 0.3) is 0 Å². The lowest BCUT2D eigenvalue weighted by molar-refractivity contribution is -0.139. The molecule has 0 saturated carbocycles. The second kappa shape index (κ2) is 9.30. The van der Waals surface area contributed by atoms with E-state index in [1.54, 1.807) is 30.2 Å². The van der Waals surface area contributed by atoms with Gasteiger partial charge in [0.2, 0.25) is 0 Å². The van der Waals surface area contributed by atoms with Crippen LogP contribution in [-0.4, -0.2) is 52.2 Å². The molecule has 32 heavy (non-hydrogen) atoms. The van der Waals surface area contributed by atoms with E-state index < -0.39 is 24.0 Å². The summed E-state index contributed by atoms with van der Waals surface area (Å²) in [7, 11) is 0. The van der Waals surface area contributed by atoms with Crippen LogP contribution in [0.4, 0.5) is 9.18 Å². The third-order valence-electron chi connectivity index (χ3n) is 6.00. The third kappa shape index (κ3) is 4.69. The van der Waals surface area contributed by atoms with Gasteiger partial charge in [-0.25, -0.2) is 14.0 Å². The number of hydrogen-bond acceptors (Lipinski definition) is 3. The number of fused-ring (bicyclic) bond motifs is 1. The molecule has 1 aromatic heterocycles. The maximum absolute atomic E-state index is 13.0. The summed E-state index contributed by atoms with van der Waals surface area (Å²) in [4.78, 5) is 29.6. The van der Waals surface area contributed by atoms with Crippen molar-refractivity contribution in [1.82, 2.24) is 15.2 Å². The number of aromatic nitrogens is 1. The summed E-state index contributed by atoms with van der Waals surface area (Å²) in [5.41, 5.74) is 1.77. The molecule has 4 rings (SSSR count). The van der Waals surface area contributed by atoms with Crippen molar-refractivity contribution in [2.75, 3.05) is 13.1 Å². The van der Waals surface area contributed by atoms with E-state index in [0.29, 0.717) is 31.7 Å². The molecule has 168 valence electrons. The van der Waals surface area contributed by atoms with Gasteiger partial charge >= 0.3 is 12.0 Å². The predicted molar refractivity (Wildman–Crippen MR) is 118 cm³/mol. The number of hydrogen-bond donors (Lipinski definition) is 3. The largest absolute Gasteiger partial charge is 0.490 e. The van der Waals surface area contributed by atoms with Crippen LogP contribution < -0.4 is 10.1 Å². The zero-order chi connectivity index (χ0) is 22.7. The van der Waals surface area contributed by atoms with Crippen molar-refractivity contribution >= 4 is 22.9 Å². The number of H-pyrrole nitrogens is 1. The zero-order valence-electron chi connectivity index (χ0n) is 17.8. The fraction of sp³-hybridized carbons (Fsp3) is 0.333. The topological polar surface area (TPSA) is 94.7 Å². The van der Waals surface area contributed by atoms with Gasteiger partial charge in [-0.2, -0.15) is 0 Å². The molecule has 0 spiro atoms. The summed E-state index contributed by atoms with van der Waals surface area (Å²) < 4.78 is 18.9. The van der Waals surface area contributed by atoms with Gasteiger partial charge in [0.1, 0.15) is 23.7 Å². The lowest BCUT2D eigenvalue weighted by Gasteiger charge is -2.33. The number of halogens is 1. The fourth-order valence-corrected chi connectivity index (χ4v) is 4.16. The van der Waals surface area contributed by atoms with Crippen LogP contribution in [0.3, 0.4) is 0 Å². The second-order valence-electron chi connectivity index (χ2n) is 8.10. The Morgan fingerprint density at radius 1 is 1.16 bits per heavy atom. The summed E-state index contributed by atoms with van der Waals surface area (Å²) in [6.07, 6.45) is 2.95. The van der Waals surface area contributed by atoms with Crippen molar-refractivity contribution in [2.45, 2.75) is 37.8 Å². The summed E-state index contributed by atoms with van der Waals surface area (Å²) in [5, 5.41) is 13.4. The van der Waals surface area contributed by atoms with Crippen LogP contribution in [0.2, 0.25) is 0 Å². The van der Waals surface area contributed by atoms with Gasteiger partial charge in [0.05, 0.1) is 0 Å². The van der Waals surface area contributed by atoms with Crippen LogP contribution in [0.15, 0.2) is 54.7 Å². The highest BCUT2D eigenvalue weighted by molar-refractivity contribution is 5.87. The first-order valence-corrected chi connectivity index (χ1v) is 10.7. The number of aliphatic carboxylic acids is 1. The van der Waals surface area contributed by atoms with E-state index in [4.69, 9.17) is 4.74 Å². The Bertz CT molecular complexity index is 1090. The number of aromatic amines is 1. The van der Waals surface area contributed by atoms with E-state index >= 15 is 0 Å². The van der Waals surface area contributed by atoms with Crippen molar-refractivity contribution in [2.24, 2.45) is 0 Å². The Labute approximate surface area is 185 Å². The van der Waals surface area contributed by atoms with Gasteiger partial charge < -0.3 is 25.0 Å². The number of ether oxygens (including phenoxy) is 1. The van der Waals surface area contributed by atoms with Crippen molar-refractivity contribution in [3.05, 3.63) is 66.1 Å². The number of carbonyl (C=O) groups excluding carboxylic acids is 1. The molecule has 0 radical (unpaired) electrons. The summed E-state index contributed by atoms with van der Waals surface area (Å²) in [5.74, 6) is -1.23. The summed E-state index contributed by atoms with van der Waals surface area (Å²) in [6.45, 7) is 2.70. The molecule has 2 aromatic carbocycles. The Balaban J connectivity index is 1.36. The average molecular weight is 439 g/mol. The number of rotatable bonds is 6. The number of amides is 2. The molecule has 1 fully saturated rings. The van der Waals surface area contributed by atoms with Gasteiger partial charge in [-0.3, -0.25) is 0 Å². The minimum absolute atomic E-state index is 0.0788. The molecule has 3 N–H and O–H groups in total. The lowest BCUT2D eigenvalue weighted by Crippen LogP contribution is -2.52. The first kappa shape index (κ1) is 21.7. The molecule has 0 aliphatic carbocycles. The molecule has 7 nitrogen and oxygen atoms in total. The second-order valence-corrected chi connectivity index (χ2v) is 8.10. The molecule has 1 aliphatic rings. The van der Waals surface area contributed by atoms with Crippen molar-refractivity contribution < 1.29 is 23.8 Å². The van der Waals surface area contributed by atoms with E-state index in [0.717, 1.165) is 16.5 Å². The number of carboxylic acid groups (broad SMARTS) is 1. The van der Waals surface area contributed by atoms with Crippen molar-refractivity contribution in [1.29, 1.82) is 0 Å². The maximum atomic E-state index is 13.0. The van der Waals surface area contributed by atoms with Crippen LogP contribution in [0, 0.1) is 5.82 Å². The summed E-state index contributed by atoms with van der Waals surface area (Å²) in [6, 6.07) is 12.1. The van der Waals surface area contributed by atoms with Gasteiger partial charge in [0, 0.05) is 48.9 Å². The van der Waals surface area contributed by atoms with E-state index in [1.807, 2.05) is 24.3 Å². The SMILES string of the molecule is CC(c1c[nH]c2ccccc12)C(NC(=O)N1CCC(Oc2ccc(F)cc2)CC1)C(=O)O. The molecule has 2 unspecified atom stereocenters. The van der Waals surface area contributed by atoms with Gasteiger partial charge in [-0.1, -0.05) is 25.1 Å². The number of nitrogens with one attached hydrogen (secondary N) is 2. The van der Waals surface area contributed by atoms with Crippen LogP contribution in [-0.2, 0) is 4.79 Å². The van der Waals surface area contributed by atoms with E-state index in [2.05, 4.69) is 10.3 Å². The first-order chi connectivity index (χ1) is 15.4. The number of benzene rings is 2. The molecule has 2 amide bonds. The van der Waals surface area contributed by atoms with Gasteiger partial charge in [-0.15, -0.1) is 0 Å². The van der Waals surface area contributed by atoms with Gasteiger partial charge in [-0.05, 0) is 35.9 Å². The molecule has 2 heterocycles. The Morgan fingerprint density at radius 3 is 2.53 bits per heavy atom. The molecule has 2 atom stereocenters. The smallest absolute Gasteiger partial charge is 0.326 e.